The minimum atomic E-state index is 0.0172. The van der Waals surface area contributed by atoms with E-state index in [0.29, 0.717) is 19.6 Å². The molecular weight excluding hydrogens is 168 g/mol. The van der Waals surface area contributed by atoms with Gasteiger partial charge in [0.2, 0.25) is 5.91 Å². The predicted octanol–water partition coefficient (Wildman–Crippen LogP) is -0.0853. The monoisotopic (exact) mass is 186 g/mol. The summed E-state index contributed by atoms with van der Waals surface area (Å²) in [6.45, 7) is 6.40. The van der Waals surface area contributed by atoms with Gasteiger partial charge in [-0.3, -0.25) is 4.79 Å². The Morgan fingerprint density at radius 3 is 2.85 bits per heavy atom. The van der Waals surface area contributed by atoms with Gasteiger partial charge in [-0.05, 0) is 0 Å². The van der Waals surface area contributed by atoms with Crippen LogP contribution in [0.1, 0.15) is 6.42 Å². The molecule has 0 atom stereocenters. The molecular formula is C9H18N2O2. The molecule has 0 fully saturated rings. The maximum absolute atomic E-state index is 10.9. The quantitative estimate of drug-likeness (QED) is 0.411. The topological polar surface area (TPSA) is 50.4 Å². The van der Waals surface area contributed by atoms with Crippen LogP contribution in [0, 0.1) is 0 Å². The van der Waals surface area contributed by atoms with Gasteiger partial charge in [-0.2, -0.15) is 0 Å². The van der Waals surface area contributed by atoms with Crippen molar-refractivity contribution in [2.45, 2.75) is 6.42 Å². The number of methoxy groups -OCH3 is 1. The predicted molar refractivity (Wildman–Crippen MR) is 52.6 cm³/mol. The zero-order valence-electron chi connectivity index (χ0n) is 8.14. The number of rotatable bonds is 8. The second-order valence-corrected chi connectivity index (χ2v) is 2.59. The van der Waals surface area contributed by atoms with Gasteiger partial charge in [0.1, 0.15) is 0 Å². The van der Waals surface area contributed by atoms with Crippen LogP contribution in [0.3, 0.4) is 0 Å². The fourth-order valence-electron chi connectivity index (χ4n) is 0.793. The van der Waals surface area contributed by atoms with Gasteiger partial charge < -0.3 is 15.4 Å². The number of hydrogen-bond acceptors (Lipinski definition) is 3. The lowest BCUT2D eigenvalue weighted by atomic mass is 10.4. The van der Waals surface area contributed by atoms with Crippen molar-refractivity contribution in [2.75, 3.05) is 33.4 Å². The fourth-order valence-corrected chi connectivity index (χ4v) is 0.793. The molecule has 13 heavy (non-hydrogen) atoms. The van der Waals surface area contributed by atoms with Gasteiger partial charge in [0.05, 0.1) is 6.61 Å². The molecule has 0 saturated heterocycles. The molecule has 0 radical (unpaired) electrons. The lowest BCUT2D eigenvalue weighted by molar-refractivity contribution is -0.120. The van der Waals surface area contributed by atoms with E-state index in [1.165, 1.54) is 0 Å². The Balaban J connectivity index is 3.06. The lowest BCUT2D eigenvalue weighted by Crippen LogP contribution is -2.32. The van der Waals surface area contributed by atoms with E-state index in [1.54, 1.807) is 13.2 Å². The van der Waals surface area contributed by atoms with Crippen molar-refractivity contribution in [2.24, 2.45) is 0 Å². The van der Waals surface area contributed by atoms with E-state index >= 15 is 0 Å². The van der Waals surface area contributed by atoms with E-state index in [4.69, 9.17) is 4.74 Å². The zero-order valence-corrected chi connectivity index (χ0v) is 8.14. The largest absolute Gasteiger partial charge is 0.383 e. The lowest BCUT2D eigenvalue weighted by Gasteiger charge is -2.04. The Hall–Kier alpha value is -0.870. The SMILES string of the molecule is C=CCC(=O)NCCNCCOC. The van der Waals surface area contributed by atoms with Crippen LogP contribution in [0.2, 0.25) is 0 Å². The normalized spacial score (nSPS) is 9.62. The molecule has 0 heterocycles. The van der Waals surface area contributed by atoms with Gasteiger partial charge >= 0.3 is 0 Å². The van der Waals surface area contributed by atoms with E-state index in [-0.39, 0.29) is 5.91 Å². The molecule has 76 valence electrons. The maximum Gasteiger partial charge on any atom is 0.223 e. The van der Waals surface area contributed by atoms with Crippen molar-refractivity contribution in [3.8, 4) is 0 Å². The summed E-state index contributed by atoms with van der Waals surface area (Å²) >= 11 is 0. The van der Waals surface area contributed by atoms with E-state index in [0.717, 1.165) is 13.1 Å². The maximum atomic E-state index is 10.9. The van der Waals surface area contributed by atoms with E-state index in [1.807, 2.05) is 0 Å². The van der Waals surface area contributed by atoms with Crippen molar-refractivity contribution >= 4 is 5.91 Å². The summed E-state index contributed by atoms with van der Waals surface area (Å²) in [4.78, 5) is 10.9. The number of carbonyl (C=O) groups is 1. The number of nitrogens with one attached hydrogen (secondary N) is 2. The third-order valence-electron chi connectivity index (χ3n) is 1.44. The summed E-state index contributed by atoms with van der Waals surface area (Å²) in [7, 11) is 1.66. The van der Waals surface area contributed by atoms with Gasteiger partial charge in [-0.25, -0.2) is 0 Å². The first-order chi connectivity index (χ1) is 6.31. The molecule has 4 heteroatoms. The van der Waals surface area contributed by atoms with Gasteiger partial charge in [-0.1, -0.05) is 6.08 Å². The molecule has 0 rings (SSSR count). The summed E-state index contributed by atoms with van der Waals surface area (Å²) in [5, 5.41) is 5.87. The van der Waals surface area contributed by atoms with E-state index in [9.17, 15) is 4.79 Å². The first-order valence-electron chi connectivity index (χ1n) is 4.38. The molecule has 0 aromatic rings. The van der Waals surface area contributed by atoms with Crippen LogP contribution in [-0.4, -0.2) is 39.3 Å². The molecule has 0 spiro atoms. The van der Waals surface area contributed by atoms with Crippen molar-refractivity contribution in [1.82, 2.24) is 10.6 Å². The molecule has 0 aromatic carbocycles. The highest BCUT2D eigenvalue weighted by Crippen LogP contribution is 1.77. The van der Waals surface area contributed by atoms with E-state index < -0.39 is 0 Å². The van der Waals surface area contributed by atoms with Crippen LogP contribution in [0.5, 0.6) is 0 Å². The molecule has 0 unspecified atom stereocenters. The molecule has 1 amide bonds. The smallest absolute Gasteiger partial charge is 0.223 e. The second kappa shape index (κ2) is 9.22. The minimum Gasteiger partial charge on any atom is -0.383 e. The molecule has 0 aliphatic rings. The Bertz CT molecular complexity index is 149. The minimum absolute atomic E-state index is 0.0172. The highest BCUT2D eigenvalue weighted by molar-refractivity contribution is 5.77. The number of ether oxygens (including phenoxy) is 1. The highest BCUT2D eigenvalue weighted by atomic mass is 16.5. The van der Waals surface area contributed by atoms with Gasteiger partial charge in [0, 0.05) is 33.2 Å². The molecule has 2 N–H and O–H groups in total. The van der Waals surface area contributed by atoms with Crippen molar-refractivity contribution in [1.29, 1.82) is 0 Å². The summed E-state index contributed by atoms with van der Waals surface area (Å²) in [6.07, 6.45) is 1.98. The molecule has 0 saturated carbocycles. The number of carbonyl (C=O) groups excluding carboxylic acids is 1. The third kappa shape index (κ3) is 9.04. The number of amides is 1. The average Bonchev–Trinajstić information content (AvgIpc) is 2.11. The molecule has 0 bridgehead atoms. The zero-order chi connectivity index (χ0) is 9.94. The third-order valence-corrected chi connectivity index (χ3v) is 1.44. The van der Waals surface area contributed by atoms with Crippen molar-refractivity contribution in [3.63, 3.8) is 0 Å². The summed E-state index contributed by atoms with van der Waals surface area (Å²) in [6, 6.07) is 0. The second-order valence-electron chi connectivity index (χ2n) is 2.59. The molecule has 4 nitrogen and oxygen atoms in total. The summed E-state index contributed by atoms with van der Waals surface area (Å²) in [5.74, 6) is 0.0172. The van der Waals surface area contributed by atoms with Crippen LogP contribution >= 0.6 is 0 Å². The Kier molecular flexibility index (Phi) is 8.60. The molecule has 0 aliphatic heterocycles. The Morgan fingerprint density at radius 1 is 1.46 bits per heavy atom. The first-order valence-corrected chi connectivity index (χ1v) is 4.38. The highest BCUT2D eigenvalue weighted by Gasteiger charge is 1.94. The van der Waals surface area contributed by atoms with Gasteiger partial charge in [0.15, 0.2) is 0 Å². The van der Waals surface area contributed by atoms with Crippen molar-refractivity contribution in [3.05, 3.63) is 12.7 Å². The first kappa shape index (κ1) is 12.1. The average molecular weight is 186 g/mol. The van der Waals surface area contributed by atoms with E-state index in [2.05, 4.69) is 17.2 Å². The van der Waals surface area contributed by atoms with Crippen LogP contribution in [0.15, 0.2) is 12.7 Å². The molecule has 0 aliphatic carbocycles. The molecule has 0 aromatic heterocycles. The standard InChI is InChI=1S/C9H18N2O2/c1-3-4-9(12)11-6-5-10-7-8-13-2/h3,10H,1,4-8H2,2H3,(H,11,12). The van der Waals surface area contributed by atoms with Crippen LogP contribution in [0.25, 0.3) is 0 Å². The van der Waals surface area contributed by atoms with Crippen LogP contribution < -0.4 is 10.6 Å². The van der Waals surface area contributed by atoms with Crippen molar-refractivity contribution < 1.29 is 9.53 Å². The van der Waals surface area contributed by atoms with Gasteiger partial charge in [-0.15, -0.1) is 6.58 Å². The number of hydrogen-bond donors (Lipinski definition) is 2. The van der Waals surface area contributed by atoms with Gasteiger partial charge in [0.25, 0.3) is 0 Å². The summed E-state index contributed by atoms with van der Waals surface area (Å²) in [5.41, 5.74) is 0. The Morgan fingerprint density at radius 2 is 2.23 bits per heavy atom. The van der Waals surface area contributed by atoms with Crippen LogP contribution in [0.4, 0.5) is 0 Å². The fraction of sp³-hybridized carbons (Fsp3) is 0.667. The summed E-state index contributed by atoms with van der Waals surface area (Å²) < 4.78 is 4.84. The van der Waals surface area contributed by atoms with Crippen LogP contribution in [-0.2, 0) is 9.53 Å². The Labute approximate surface area is 79.3 Å².